The van der Waals surface area contributed by atoms with Crippen LogP contribution >= 0.6 is 11.9 Å². The van der Waals surface area contributed by atoms with E-state index in [0.717, 1.165) is 0 Å². The molecule has 0 aromatic heterocycles. The zero-order valence-corrected chi connectivity index (χ0v) is 9.25. The third kappa shape index (κ3) is 5.53. The molecule has 0 atom stereocenters. The molecule has 0 rings (SSSR count). The lowest BCUT2D eigenvalue weighted by molar-refractivity contribution is 0.278. The highest BCUT2D eigenvalue weighted by Crippen LogP contribution is 2.29. The van der Waals surface area contributed by atoms with Gasteiger partial charge in [0.2, 0.25) is 0 Å². The molecule has 0 saturated heterocycles. The summed E-state index contributed by atoms with van der Waals surface area (Å²) in [5.74, 6) is 5.83. The summed E-state index contributed by atoms with van der Waals surface area (Å²) in [5.41, 5.74) is 0.0396. The maximum atomic E-state index is 5.83. The third-order valence-electron chi connectivity index (χ3n) is 1.03. The molecule has 0 saturated carbocycles. The number of rotatable bonds is 1. The van der Waals surface area contributed by atoms with Gasteiger partial charge < -0.3 is 0 Å². The minimum absolute atomic E-state index is 0.0396. The molecule has 0 aliphatic rings. The zero-order chi connectivity index (χ0) is 9.28. The van der Waals surface area contributed by atoms with Gasteiger partial charge in [-0.1, -0.05) is 11.9 Å². The Kier molecular flexibility index (Phi) is 3.42. The van der Waals surface area contributed by atoms with Crippen molar-refractivity contribution in [1.29, 1.82) is 0 Å². The van der Waals surface area contributed by atoms with Crippen molar-refractivity contribution in [2.45, 2.75) is 51.8 Å². The Labute approximate surface area is 74.6 Å². The number of nitrogens with two attached hydrogens (primary N) is 1. The van der Waals surface area contributed by atoms with Crippen LogP contribution in [0.4, 0.5) is 0 Å². The van der Waals surface area contributed by atoms with E-state index in [1.807, 2.05) is 4.41 Å². The first-order chi connectivity index (χ1) is 4.63. The summed E-state index contributed by atoms with van der Waals surface area (Å²) in [6.07, 6.45) is 0. The van der Waals surface area contributed by atoms with Crippen LogP contribution in [0.15, 0.2) is 0 Å². The number of nitrogens with zero attached hydrogens (tertiary/aromatic N) is 1. The van der Waals surface area contributed by atoms with Gasteiger partial charge in [-0.15, -0.1) is 0 Å². The normalized spacial score (nSPS) is 14.2. The SMILES string of the molecule is CC(C)(C)SN(N)C(C)(C)C. The number of hydrogen-bond acceptors (Lipinski definition) is 3. The first kappa shape index (κ1) is 11.3. The Bertz CT molecular complexity index is 121. The summed E-state index contributed by atoms with van der Waals surface area (Å²) in [6, 6.07) is 0. The topological polar surface area (TPSA) is 29.3 Å². The Morgan fingerprint density at radius 3 is 1.45 bits per heavy atom. The second-order valence-corrected chi connectivity index (χ2v) is 6.50. The highest BCUT2D eigenvalue weighted by atomic mass is 32.2. The predicted molar refractivity (Wildman–Crippen MR) is 53.1 cm³/mol. The summed E-state index contributed by atoms with van der Waals surface area (Å²) >= 11 is 1.67. The largest absolute Gasteiger partial charge is 0.258 e. The van der Waals surface area contributed by atoms with Gasteiger partial charge in [0.25, 0.3) is 0 Å². The average Bonchev–Trinajstić information content (AvgIpc) is 1.56. The van der Waals surface area contributed by atoms with Crippen LogP contribution in [0.1, 0.15) is 41.5 Å². The fourth-order valence-corrected chi connectivity index (χ4v) is 1.30. The van der Waals surface area contributed by atoms with Crippen molar-refractivity contribution in [3.63, 3.8) is 0 Å². The molecule has 0 radical (unpaired) electrons. The average molecular weight is 176 g/mol. The lowest BCUT2D eigenvalue weighted by Crippen LogP contribution is -2.43. The van der Waals surface area contributed by atoms with Gasteiger partial charge in [0.1, 0.15) is 0 Å². The Balaban J connectivity index is 3.99. The van der Waals surface area contributed by atoms with Crippen LogP contribution in [-0.2, 0) is 0 Å². The van der Waals surface area contributed by atoms with Gasteiger partial charge in [0, 0.05) is 10.3 Å². The van der Waals surface area contributed by atoms with E-state index >= 15 is 0 Å². The molecule has 11 heavy (non-hydrogen) atoms. The van der Waals surface area contributed by atoms with E-state index in [2.05, 4.69) is 41.5 Å². The van der Waals surface area contributed by atoms with Crippen LogP contribution in [0.25, 0.3) is 0 Å². The first-order valence-corrected chi connectivity index (χ1v) is 4.64. The standard InChI is InChI=1S/C8H20N2S/c1-7(2,3)10(9)11-8(4,5)6/h9H2,1-6H3. The fraction of sp³-hybridized carbons (Fsp3) is 1.00. The van der Waals surface area contributed by atoms with E-state index < -0.39 is 0 Å². The van der Waals surface area contributed by atoms with E-state index in [1.54, 1.807) is 11.9 Å². The van der Waals surface area contributed by atoms with Crippen LogP contribution in [0.2, 0.25) is 0 Å². The van der Waals surface area contributed by atoms with Crippen LogP contribution < -0.4 is 5.84 Å². The van der Waals surface area contributed by atoms with Gasteiger partial charge in [-0.25, -0.2) is 0 Å². The highest BCUT2D eigenvalue weighted by molar-refractivity contribution is 7.98. The van der Waals surface area contributed by atoms with E-state index in [-0.39, 0.29) is 10.3 Å². The Hall–Kier alpha value is 0.270. The molecule has 68 valence electrons. The van der Waals surface area contributed by atoms with Crippen LogP contribution in [0.3, 0.4) is 0 Å². The van der Waals surface area contributed by atoms with E-state index in [4.69, 9.17) is 5.84 Å². The maximum absolute atomic E-state index is 5.83. The molecule has 0 aliphatic carbocycles. The molecule has 0 fully saturated rings. The second kappa shape index (κ2) is 3.33. The van der Waals surface area contributed by atoms with Crippen molar-refractivity contribution in [2.75, 3.05) is 0 Å². The minimum atomic E-state index is 0.0396. The molecule has 0 unspecified atom stereocenters. The van der Waals surface area contributed by atoms with Gasteiger partial charge in [-0.3, -0.25) is 5.84 Å². The van der Waals surface area contributed by atoms with Gasteiger partial charge >= 0.3 is 0 Å². The number of hydrogen-bond donors (Lipinski definition) is 1. The number of hydrazine groups is 1. The minimum Gasteiger partial charge on any atom is -0.258 e. The van der Waals surface area contributed by atoms with Gasteiger partial charge in [-0.05, 0) is 41.5 Å². The molecule has 3 heteroatoms. The molecule has 0 spiro atoms. The van der Waals surface area contributed by atoms with Crippen molar-refractivity contribution >= 4 is 11.9 Å². The fourth-order valence-electron chi connectivity index (χ4n) is 0.432. The van der Waals surface area contributed by atoms with Crippen molar-refractivity contribution in [3.8, 4) is 0 Å². The molecule has 0 aromatic rings. The van der Waals surface area contributed by atoms with Gasteiger partial charge in [-0.2, -0.15) is 4.41 Å². The van der Waals surface area contributed by atoms with Crippen molar-refractivity contribution in [1.82, 2.24) is 4.41 Å². The van der Waals surface area contributed by atoms with Crippen LogP contribution in [0.5, 0.6) is 0 Å². The Morgan fingerprint density at radius 2 is 1.36 bits per heavy atom. The van der Waals surface area contributed by atoms with E-state index in [9.17, 15) is 0 Å². The monoisotopic (exact) mass is 176 g/mol. The molecule has 0 amide bonds. The summed E-state index contributed by atoms with van der Waals surface area (Å²) in [6.45, 7) is 12.8. The second-order valence-electron chi connectivity index (χ2n) is 4.70. The Morgan fingerprint density at radius 1 is 1.00 bits per heavy atom. The van der Waals surface area contributed by atoms with Gasteiger partial charge in [0.15, 0.2) is 0 Å². The van der Waals surface area contributed by atoms with Crippen LogP contribution in [0, 0.1) is 0 Å². The molecule has 0 aromatic carbocycles. The highest BCUT2D eigenvalue weighted by Gasteiger charge is 2.23. The molecule has 2 N–H and O–H groups in total. The summed E-state index contributed by atoms with van der Waals surface area (Å²) in [4.78, 5) is 0. The van der Waals surface area contributed by atoms with Crippen molar-refractivity contribution < 1.29 is 0 Å². The summed E-state index contributed by atoms with van der Waals surface area (Å²) < 4.78 is 2.01. The maximum Gasteiger partial charge on any atom is 0.0380 e. The van der Waals surface area contributed by atoms with Crippen molar-refractivity contribution in [3.05, 3.63) is 0 Å². The quantitative estimate of drug-likeness (QED) is 0.378. The van der Waals surface area contributed by atoms with E-state index in [0.29, 0.717) is 0 Å². The smallest absolute Gasteiger partial charge is 0.0380 e. The molecule has 0 aliphatic heterocycles. The lowest BCUT2D eigenvalue weighted by atomic mass is 10.1. The van der Waals surface area contributed by atoms with Crippen LogP contribution in [-0.4, -0.2) is 14.7 Å². The molecule has 0 bridgehead atoms. The molecule has 0 heterocycles. The first-order valence-electron chi connectivity index (χ1n) is 3.87. The zero-order valence-electron chi connectivity index (χ0n) is 8.43. The molecule has 2 nitrogen and oxygen atoms in total. The third-order valence-corrected chi connectivity index (χ3v) is 2.33. The van der Waals surface area contributed by atoms with E-state index in [1.165, 1.54) is 0 Å². The predicted octanol–water partition coefficient (Wildman–Crippen LogP) is 2.41. The van der Waals surface area contributed by atoms with Gasteiger partial charge in [0.05, 0.1) is 0 Å². The lowest BCUT2D eigenvalue weighted by Gasteiger charge is -2.34. The molecular formula is C8H20N2S. The van der Waals surface area contributed by atoms with Crippen molar-refractivity contribution in [2.24, 2.45) is 5.84 Å². The molecular weight excluding hydrogens is 156 g/mol. The summed E-state index contributed by atoms with van der Waals surface area (Å²) in [5, 5.41) is 0. The summed E-state index contributed by atoms with van der Waals surface area (Å²) in [7, 11) is 0.